The number of nitrogens with two attached hydrogens (primary N) is 1. The van der Waals surface area contributed by atoms with Crippen LogP contribution < -0.4 is 5.73 Å². The zero-order valence-electron chi connectivity index (χ0n) is 47.9. The fourth-order valence-corrected chi connectivity index (χ4v) is 17.1. The normalized spacial score (nSPS) is 14.8. The van der Waals surface area contributed by atoms with Gasteiger partial charge < -0.3 is 15.2 Å². The van der Waals surface area contributed by atoms with Crippen LogP contribution in [0.5, 0.6) is 0 Å². The Kier molecular flexibility index (Phi) is 24.8. The number of fused-ring (bicyclic) bond motifs is 3. The standard InChI is InChI=1S/C22H22Cl2N2O2S.C20H19Cl2N3OS.C15H9Cl3N2O2S.C7H13Br/c1-2-28-22(27)20-21-17(18(25-26-20)8-13-6-4-3-5-7-13)12-19(29-21)14-9-15(23)11-16(24)10-14;21-13-7-12(8-14(22)9-13)17-10-15-16(6-11-4-2-1-3-5-11)24-25-18(20(23)26)19(15)27-17;1-2-22-15(21)12-13-10(14(18)20-19-12)6-11(23-13)7-3-8(16)5-9(17)4-7;8-6-7-4-2-1-3-5-7/h9-13H,2-8H2,1H3;7-11H,1-6H2,(H2,23,26);3-6H,2H2,1H3;7H,1-6H2. The van der Waals surface area contributed by atoms with Crippen LogP contribution in [-0.4, -0.2) is 67.0 Å². The Labute approximate surface area is 561 Å². The molecule has 12 rings (SSSR count). The van der Waals surface area contributed by atoms with Crippen molar-refractivity contribution in [3.8, 4) is 31.3 Å². The van der Waals surface area contributed by atoms with Crippen LogP contribution in [0.2, 0.25) is 35.3 Å². The molecule has 6 heterocycles. The van der Waals surface area contributed by atoms with Crippen LogP contribution in [0.15, 0.2) is 72.8 Å². The number of hydrogen-bond donors (Lipinski definition) is 1. The predicted octanol–water partition coefficient (Wildman–Crippen LogP) is 21.3. The molecule has 3 fully saturated rings. The smallest absolute Gasteiger partial charge is 0.360 e. The van der Waals surface area contributed by atoms with Gasteiger partial charge in [-0.2, -0.15) is 10.2 Å². The van der Waals surface area contributed by atoms with E-state index in [-0.39, 0.29) is 28.8 Å². The Hall–Kier alpha value is -4.30. The third kappa shape index (κ3) is 17.8. The molecule has 3 aromatic carbocycles. The molecule has 3 aliphatic carbocycles. The number of rotatable bonds is 13. The Balaban J connectivity index is 0.000000147. The van der Waals surface area contributed by atoms with Crippen LogP contribution in [0, 0.1) is 17.8 Å². The summed E-state index contributed by atoms with van der Waals surface area (Å²) in [6.07, 6.45) is 21.7. The van der Waals surface area contributed by atoms with Gasteiger partial charge in [-0.1, -0.05) is 181 Å². The van der Waals surface area contributed by atoms with Crippen LogP contribution in [0.25, 0.3) is 61.6 Å². The van der Waals surface area contributed by atoms with E-state index >= 15 is 0 Å². The number of aromatic nitrogens is 6. The first-order chi connectivity index (χ1) is 42.0. The molecule has 9 aromatic rings. The number of halogens is 8. The average molecular weight is 1430 g/mol. The molecule has 12 nitrogen and oxygen atoms in total. The van der Waals surface area contributed by atoms with Crippen LogP contribution in [0.3, 0.4) is 0 Å². The first-order valence-corrected chi connectivity index (χ1v) is 35.3. The maximum Gasteiger partial charge on any atom is 0.360 e. The summed E-state index contributed by atoms with van der Waals surface area (Å²) in [6, 6.07) is 22.1. The van der Waals surface area contributed by atoms with Gasteiger partial charge in [0.2, 0.25) is 0 Å². The van der Waals surface area contributed by atoms with E-state index in [0.29, 0.717) is 58.7 Å². The SMILES string of the molecule is BrCC1CCCCC1.CCOC(=O)c1nnc(CC2CCCCC2)c2cc(-c3cc(Cl)cc(Cl)c3)sc12.CCOC(=O)c1nnc(Cl)c2cc(-c3cc(Cl)cc(Cl)c3)sc12.NC(=O)c1nnc(CC2CCCCC2)c2cc(-c3cc(Cl)cc(Cl)c3)sc12. The summed E-state index contributed by atoms with van der Waals surface area (Å²) in [4.78, 5) is 39.1. The zero-order chi connectivity index (χ0) is 61.7. The second kappa shape index (κ2) is 32.1. The first-order valence-electron chi connectivity index (χ1n) is 29.1. The van der Waals surface area contributed by atoms with Crippen LogP contribution >= 0.6 is 131 Å². The van der Waals surface area contributed by atoms with Crippen molar-refractivity contribution in [1.82, 2.24) is 30.6 Å². The quantitative estimate of drug-likeness (QED) is 0.0860. The molecule has 1 amide bonds. The second-order valence-electron chi connectivity index (χ2n) is 21.7. The average Bonchev–Trinajstić information content (AvgIpc) is 2.29. The summed E-state index contributed by atoms with van der Waals surface area (Å²) in [5, 5.41) is 32.3. The van der Waals surface area contributed by atoms with Crippen molar-refractivity contribution in [2.24, 2.45) is 23.5 Å². The summed E-state index contributed by atoms with van der Waals surface area (Å²) in [5.41, 5.74) is 10.7. The molecular weight excluding hydrogens is 1370 g/mol. The third-order valence-corrected chi connectivity index (χ3v) is 21.5. The van der Waals surface area contributed by atoms with Gasteiger partial charge >= 0.3 is 11.9 Å². The Bertz CT molecular complexity index is 3840. The summed E-state index contributed by atoms with van der Waals surface area (Å²) < 4.78 is 12.4. The van der Waals surface area contributed by atoms with Gasteiger partial charge in [0.1, 0.15) is 0 Å². The van der Waals surface area contributed by atoms with E-state index in [1.165, 1.54) is 136 Å². The number of hydrogen-bond acceptors (Lipinski definition) is 14. The van der Waals surface area contributed by atoms with E-state index in [1.807, 2.05) is 30.3 Å². The number of benzene rings is 3. The highest BCUT2D eigenvalue weighted by Gasteiger charge is 2.26. The van der Waals surface area contributed by atoms with Crippen molar-refractivity contribution < 1.29 is 23.9 Å². The van der Waals surface area contributed by atoms with Gasteiger partial charge in [0.05, 0.1) is 38.7 Å². The molecule has 0 bridgehead atoms. The topological polar surface area (TPSA) is 173 Å². The van der Waals surface area contributed by atoms with E-state index in [9.17, 15) is 14.4 Å². The molecule has 0 unspecified atom stereocenters. The number of nitrogens with zero attached hydrogens (tertiary/aromatic N) is 6. The minimum Gasteiger partial charge on any atom is -0.461 e. The fourth-order valence-electron chi connectivity index (χ4n) is 11.2. The molecule has 3 aliphatic rings. The highest BCUT2D eigenvalue weighted by molar-refractivity contribution is 9.09. The molecule has 23 heteroatoms. The number of amides is 1. The number of ether oxygens (including phenoxy) is 2. The van der Waals surface area contributed by atoms with E-state index < -0.39 is 17.8 Å². The molecule has 0 radical (unpaired) electrons. The minimum absolute atomic E-state index is 0.149. The zero-order valence-corrected chi connectivity index (χ0v) is 57.2. The highest BCUT2D eigenvalue weighted by atomic mass is 79.9. The first kappa shape index (κ1) is 67.1. The number of primary amides is 1. The van der Waals surface area contributed by atoms with Crippen molar-refractivity contribution >= 4 is 179 Å². The largest absolute Gasteiger partial charge is 0.461 e. The number of carbonyl (C=O) groups excluding carboxylic acids is 3. The lowest BCUT2D eigenvalue weighted by molar-refractivity contribution is 0.0511. The molecule has 87 heavy (non-hydrogen) atoms. The molecular formula is C64H63BrCl7N7O5S3. The van der Waals surface area contributed by atoms with Crippen molar-refractivity contribution in [2.45, 2.75) is 123 Å². The van der Waals surface area contributed by atoms with E-state index in [4.69, 9.17) is 96.4 Å². The summed E-state index contributed by atoms with van der Waals surface area (Å²) >= 11 is 50.8. The Morgan fingerprint density at radius 1 is 0.448 bits per heavy atom. The molecule has 6 aromatic heterocycles. The van der Waals surface area contributed by atoms with Gasteiger partial charge in [-0.15, -0.1) is 54.4 Å². The number of alkyl halides is 1. The lowest BCUT2D eigenvalue weighted by Crippen LogP contribution is -2.16. The predicted molar refractivity (Wildman–Crippen MR) is 365 cm³/mol. The van der Waals surface area contributed by atoms with Crippen molar-refractivity contribution in [3.05, 3.63) is 137 Å². The highest BCUT2D eigenvalue weighted by Crippen LogP contribution is 2.43. The summed E-state index contributed by atoms with van der Waals surface area (Å²) in [6.45, 7) is 4.07. The Morgan fingerprint density at radius 2 is 0.770 bits per heavy atom. The minimum atomic E-state index is -0.561. The van der Waals surface area contributed by atoms with Crippen LogP contribution in [-0.2, 0) is 22.3 Å². The Morgan fingerprint density at radius 3 is 1.11 bits per heavy atom. The van der Waals surface area contributed by atoms with Gasteiger partial charge in [-0.25, -0.2) is 9.59 Å². The van der Waals surface area contributed by atoms with Crippen molar-refractivity contribution in [3.63, 3.8) is 0 Å². The maximum absolute atomic E-state index is 12.5. The van der Waals surface area contributed by atoms with E-state index in [2.05, 4.69) is 58.7 Å². The van der Waals surface area contributed by atoms with Gasteiger partial charge in [0.15, 0.2) is 22.2 Å². The van der Waals surface area contributed by atoms with Gasteiger partial charge in [0, 0.05) is 66.3 Å². The maximum atomic E-state index is 12.5. The monoisotopic (exact) mass is 1430 g/mol. The molecule has 0 aliphatic heterocycles. The van der Waals surface area contributed by atoms with E-state index in [1.54, 1.807) is 44.2 Å². The number of thiophene rings is 3. The van der Waals surface area contributed by atoms with Crippen LogP contribution in [0.1, 0.15) is 153 Å². The lowest BCUT2D eigenvalue weighted by atomic mass is 9.85. The van der Waals surface area contributed by atoms with Crippen LogP contribution in [0.4, 0.5) is 0 Å². The van der Waals surface area contributed by atoms with Gasteiger partial charge in [0.25, 0.3) is 5.91 Å². The second-order valence-corrected chi connectivity index (χ2v) is 28.5. The molecule has 0 atom stereocenters. The summed E-state index contributed by atoms with van der Waals surface area (Å²) in [7, 11) is 0. The fraction of sp³-hybridized carbons (Fsp3) is 0.391. The van der Waals surface area contributed by atoms with Crippen molar-refractivity contribution in [2.75, 3.05) is 18.5 Å². The summed E-state index contributed by atoms with van der Waals surface area (Å²) in [5.74, 6) is 0.724. The molecule has 0 saturated heterocycles. The molecule has 458 valence electrons. The number of carbonyl (C=O) groups is 3. The molecule has 3 saturated carbocycles. The number of esters is 2. The van der Waals surface area contributed by atoms with E-state index in [0.717, 1.165) is 81.6 Å². The molecule has 2 N–H and O–H groups in total. The van der Waals surface area contributed by atoms with Gasteiger partial charge in [-0.05, 0) is 147 Å². The third-order valence-electron chi connectivity index (χ3n) is 15.4. The molecule has 0 spiro atoms. The lowest BCUT2D eigenvalue weighted by Gasteiger charge is -2.21. The van der Waals surface area contributed by atoms with Crippen molar-refractivity contribution in [1.29, 1.82) is 0 Å². The van der Waals surface area contributed by atoms with Gasteiger partial charge in [-0.3, -0.25) is 4.79 Å².